The van der Waals surface area contributed by atoms with Crippen LogP contribution in [0.4, 0.5) is 28.9 Å². The second-order valence-corrected chi connectivity index (χ2v) is 3.74. The van der Waals surface area contributed by atoms with Crippen LogP contribution in [0.25, 0.3) is 0 Å². The van der Waals surface area contributed by atoms with Crippen molar-refractivity contribution in [3.05, 3.63) is 24.0 Å². The van der Waals surface area contributed by atoms with Gasteiger partial charge in [-0.3, -0.25) is 0 Å². The fourth-order valence-electron chi connectivity index (χ4n) is 1.35. The minimum Gasteiger partial charge on any atom is -0.399 e. The number of benzene rings is 1. The molecule has 0 heterocycles. The molecule has 0 saturated heterocycles. The first-order chi connectivity index (χ1) is 7.88. The van der Waals surface area contributed by atoms with Gasteiger partial charge in [-0.1, -0.05) is 0 Å². The van der Waals surface area contributed by atoms with Crippen LogP contribution < -0.4 is 11.1 Å². The predicted octanol–water partition coefficient (Wildman–Crippen LogP) is 3.55. The Kier molecular flexibility index (Phi) is 4.60. The minimum atomic E-state index is -4.12. The van der Waals surface area contributed by atoms with Gasteiger partial charge in [0.2, 0.25) is 0 Å². The van der Waals surface area contributed by atoms with Crippen LogP contribution in [0, 0.1) is 5.82 Å². The first-order valence-electron chi connectivity index (χ1n) is 5.24. The van der Waals surface area contributed by atoms with Crippen molar-refractivity contribution in [1.82, 2.24) is 0 Å². The first-order valence-corrected chi connectivity index (χ1v) is 5.24. The van der Waals surface area contributed by atoms with Gasteiger partial charge in [-0.15, -0.1) is 0 Å². The van der Waals surface area contributed by atoms with Gasteiger partial charge in [0.05, 0.1) is 5.69 Å². The van der Waals surface area contributed by atoms with E-state index in [0.717, 1.165) is 6.07 Å². The first kappa shape index (κ1) is 13.6. The van der Waals surface area contributed by atoms with Crippen molar-refractivity contribution in [3.63, 3.8) is 0 Å². The molecule has 0 spiro atoms. The zero-order valence-corrected chi connectivity index (χ0v) is 9.15. The zero-order valence-electron chi connectivity index (χ0n) is 9.15. The van der Waals surface area contributed by atoms with Gasteiger partial charge >= 0.3 is 6.18 Å². The average molecular weight is 250 g/mol. The molecule has 1 rings (SSSR count). The summed E-state index contributed by atoms with van der Waals surface area (Å²) in [7, 11) is 0. The van der Waals surface area contributed by atoms with Crippen LogP contribution in [0.15, 0.2) is 18.2 Å². The number of hydrogen-bond acceptors (Lipinski definition) is 2. The van der Waals surface area contributed by atoms with Crippen molar-refractivity contribution in [3.8, 4) is 0 Å². The molecule has 0 saturated carbocycles. The lowest BCUT2D eigenvalue weighted by Gasteiger charge is -2.09. The van der Waals surface area contributed by atoms with E-state index in [0.29, 0.717) is 18.7 Å². The number of unbranched alkanes of at least 4 members (excludes halogenated alkanes) is 1. The van der Waals surface area contributed by atoms with Crippen molar-refractivity contribution >= 4 is 11.4 Å². The topological polar surface area (TPSA) is 38.0 Å². The summed E-state index contributed by atoms with van der Waals surface area (Å²) in [5.74, 6) is -0.499. The number of anilines is 2. The van der Waals surface area contributed by atoms with Gasteiger partial charge < -0.3 is 11.1 Å². The number of nitrogens with two attached hydrogens (primary N) is 1. The molecule has 0 amide bonds. The Hall–Kier alpha value is -1.46. The molecule has 0 unspecified atom stereocenters. The van der Waals surface area contributed by atoms with Gasteiger partial charge in [-0.25, -0.2) is 4.39 Å². The van der Waals surface area contributed by atoms with Gasteiger partial charge in [0, 0.05) is 18.7 Å². The standard InChI is InChI=1S/C11H14F4N2/c12-9-7-8(16)3-4-10(9)17-6-2-1-5-11(13,14)15/h3-4,7,17H,1-2,5-6,16H2. The van der Waals surface area contributed by atoms with E-state index in [2.05, 4.69) is 5.32 Å². The Labute approximate surface area is 96.8 Å². The molecule has 2 nitrogen and oxygen atoms in total. The summed E-state index contributed by atoms with van der Waals surface area (Å²) in [6.45, 7) is 0.302. The second kappa shape index (κ2) is 5.75. The Morgan fingerprint density at radius 2 is 1.88 bits per heavy atom. The number of halogens is 4. The number of nitrogens with one attached hydrogen (secondary N) is 1. The summed E-state index contributed by atoms with van der Waals surface area (Å²) in [4.78, 5) is 0. The highest BCUT2D eigenvalue weighted by molar-refractivity contribution is 5.52. The molecule has 0 atom stereocenters. The molecular formula is C11H14F4N2. The van der Waals surface area contributed by atoms with E-state index in [4.69, 9.17) is 5.73 Å². The molecule has 3 N–H and O–H groups in total. The summed E-state index contributed by atoms with van der Waals surface area (Å²) in [6.07, 6.45) is -4.55. The largest absolute Gasteiger partial charge is 0.399 e. The van der Waals surface area contributed by atoms with Crippen molar-refractivity contribution in [2.45, 2.75) is 25.4 Å². The molecule has 1 aromatic carbocycles. The van der Waals surface area contributed by atoms with E-state index in [9.17, 15) is 17.6 Å². The summed E-state index contributed by atoms with van der Waals surface area (Å²) >= 11 is 0. The number of alkyl halides is 3. The molecule has 1 aromatic rings. The van der Waals surface area contributed by atoms with Crippen molar-refractivity contribution in [1.29, 1.82) is 0 Å². The van der Waals surface area contributed by atoms with E-state index in [1.54, 1.807) is 0 Å². The van der Waals surface area contributed by atoms with Crippen LogP contribution in [-0.2, 0) is 0 Å². The summed E-state index contributed by atoms with van der Waals surface area (Å²) in [5.41, 5.74) is 5.92. The fraction of sp³-hybridized carbons (Fsp3) is 0.455. The number of rotatable bonds is 5. The molecule has 96 valence electrons. The Balaban J connectivity index is 2.27. The molecular weight excluding hydrogens is 236 g/mol. The lowest BCUT2D eigenvalue weighted by molar-refractivity contribution is -0.135. The number of nitrogen functional groups attached to an aromatic ring is 1. The molecule has 0 bridgehead atoms. The fourth-order valence-corrected chi connectivity index (χ4v) is 1.35. The third-order valence-corrected chi connectivity index (χ3v) is 2.20. The summed E-state index contributed by atoms with van der Waals surface area (Å²) < 4.78 is 48.7. The molecule has 17 heavy (non-hydrogen) atoms. The van der Waals surface area contributed by atoms with Crippen LogP contribution in [0.3, 0.4) is 0 Å². The van der Waals surface area contributed by atoms with E-state index >= 15 is 0 Å². The summed E-state index contributed by atoms with van der Waals surface area (Å²) in [6, 6.07) is 4.16. The number of hydrogen-bond donors (Lipinski definition) is 2. The highest BCUT2D eigenvalue weighted by atomic mass is 19.4. The van der Waals surface area contributed by atoms with Crippen molar-refractivity contribution in [2.75, 3.05) is 17.6 Å². The maximum absolute atomic E-state index is 13.2. The SMILES string of the molecule is Nc1ccc(NCCCCC(F)(F)F)c(F)c1. The zero-order chi connectivity index (χ0) is 12.9. The van der Waals surface area contributed by atoms with Crippen LogP contribution in [0.2, 0.25) is 0 Å². The molecule has 0 aliphatic carbocycles. The maximum Gasteiger partial charge on any atom is 0.389 e. The van der Waals surface area contributed by atoms with Gasteiger partial charge in [-0.2, -0.15) is 13.2 Å². The highest BCUT2D eigenvalue weighted by Gasteiger charge is 2.25. The Bertz CT molecular complexity index is 363. The van der Waals surface area contributed by atoms with Gasteiger partial charge in [0.15, 0.2) is 0 Å². The lowest BCUT2D eigenvalue weighted by Crippen LogP contribution is -2.09. The van der Waals surface area contributed by atoms with Crippen LogP contribution >= 0.6 is 0 Å². The lowest BCUT2D eigenvalue weighted by atomic mass is 10.2. The molecule has 0 aliphatic heterocycles. The van der Waals surface area contributed by atoms with E-state index in [1.165, 1.54) is 12.1 Å². The van der Waals surface area contributed by atoms with Gasteiger partial charge in [0.25, 0.3) is 0 Å². The van der Waals surface area contributed by atoms with Crippen LogP contribution in [0.5, 0.6) is 0 Å². The van der Waals surface area contributed by atoms with E-state index in [-0.39, 0.29) is 12.1 Å². The third kappa shape index (κ3) is 5.42. The smallest absolute Gasteiger partial charge is 0.389 e. The van der Waals surface area contributed by atoms with Crippen LogP contribution in [0.1, 0.15) is 19.3 Å². The minimum absolute atomic E-state index is 0.0348. The average Bonchev–Trinajstić information content (AvgIpc) is 2.18. The van der Waals surface area contributed by atoms with E-state index in [1.807, 2.05) is 0 Å². The third-order valence-electron chi connectivity index (χ3n) is 2.20. The Morgan fingerprint density at radius 3 is 2.47 bits per heavy atom. The highest BCUT2D eigenvalue weighted by Crippen LogP contribution is 2.22. The molecule has 6 heteroatoms. The summed E-state index contributed by atoms with van der Waals surface area (Å²) in [5, 5.41) is 2.73. The molecule has 0 aliphatic rings. The van der Waals surface area contributed by atoms with E-state index < -0.39 is 18.4 Å². The van der Waals surface area contributed by atoms with Gasteiger partial charge in [-0.05, 0) is 31.0 Å². The van der Waals surface area contributed by atoms with Crippen LogP contribution in [-0.4, -0.2) is 12.7 Å². The maximum atomic E-state index is 13.2. The normalized spacial score (nSPS) is 11.5. The molecule has 0 aromatic heterocycles. The van der Waals surface area contributed by atoms with Gasteiger partial charge in [0.1, 0.15) is 5.82 Å². The molecule has 0 radical (unpaired) electrons. The molecule has 0 fully saturated rings. The monoisotopic (exact) mass is 250 g/mol. The quantitative estimate of drug-likeness (QED) is 0.476. The Morgan fingerprint density at radius 1 is 1.18 bits per heavy atom. The predicted molar refractivity (Wildman–Crippen MR) is 59.2 cm³/mol. The second-order valence-electron chi connectivity index (χ2n) is 3.74. The van der Waals surface area contributed by atoms with Crippen molar-refractivity contribution in [2.24, 2.45) is 0 Å². The van der Waals surface area contributed by atoms with Crippen molar-refractivity contribution < 1.29 is 17.6 Å².